The second-order valence-corrected chi connectivity index (χ2v) is 19.5. The van der Waals surface area contributed by atoms with Gasteiger partial charge in [0.2, 0.25) is 29.4 Å². The molecule has 3 saturated carbocycles. The van der Waals surface area contributed by atoms with Gasteiger partial charge in [0.25, 0.3) is 5.91 Å². The van der Waals surface area contributed by atoms with Crippen LogP contribution in [0.1, 0.15) is 134 Å². The Hall–Kier alpha value is -3.02. The first-order chi connectivity index (χ1) is 24.0. The highest BCUT2D eigenvalue weighted by atomic mass is 16.2. The van der Waals surface area contributed by atoms with Crippen molar-refractivity contribution < 1.29 is 28.8 Å². The lowest BCUT2D eigenvalue weighted by molar-refractivity contribution is -0.146. The number of amides is 5. The molecule has 0 aromatic rings. The number of carbonyl (C=O) groups is 6. The van der Waals surface area contributed by atoms with E-state index < -0.39 is 58.5 Å². The van der Waals surface area contributed by atoms with Gasteiger partial charge in [-0.2, -0.15) is 0 Å². The molecule has 5 rings (SSSR count). The second kappa shape index (κ2) is 14.0. The van der Waals surface area contributed by atoms with E-state index in [1.54, 1.807) is 4.90 Å². The fourth-order valence-corrected chi connectivity index (χ4v) is 9.79. The predicted octanol–water partition coefficient (Wildman–Crippen LogP) is 3.46. The minimum absolute atomic E-state index is 0.0108. The quantitative estimate of drug-likeness (QED) is 0.212. The van der Waals surface area contributed by atoms with E-state index in [4.69, 9.17) is 0 Å². The lowest BCUT2D eigenvalue weighted by Gasteiger charge is -2.44. The van der Waals surface area contributed by atoms with Crippen LogP contribution in [0.3, 0.4) is 0 Å². The van der Waals surface area contributed by atoms with Crippen LogP contribution in [0.4, 0.5) is 0 Å². The highest BCUT2D eigenvalue weighted by Crippen LogP contribution is 2.88. The molecule has 12 nitrogen and oxygen atoms in total. The molecule has 2 saturated heterocycles. The standard InChI is InChI=1S/C40H66N6O6/c1-12-14-25(28(47)33(50)41-24-15-16-24)42-32(49)27-21-40(38(10,11)39(40)18-13-19-39)22-46(27)35(52)30(37(7,8)9)44-34(51)29(36(4,5)6)43-31(48)26-17-20-45(26)23(2)3/h23-27,29-30H,12-22H2,1-11H3,(H,41,50)(H,42,49)(H,43,48)(H,44,51)/t25-,26-,27-,29?,30+,40+/m0/s1. The topological polar surface area (TPSA) is 157 Å². The van der Waals surface area contributed by atoms with Crippen LogP contribution in [-0.2, 0) is 28.8 Å². The van der Waals surface area contributed by atoms with Gasteiger partial charge in [-0.05, 0) is 80.5 Å². The molecule has 12 heteroatoms. The van der Waals surface area contributed by atoms with Crippen LogP contribution >= 0.6 is 0 Å². The summed E-state index contributed by atoms with van der Waals surface area (Å²) >= 11 is 0. The maximum atomic E-state index is 15.0. The molecule has 5 fully saturated rings. The second-order valence-electron chi connectivity index (χ2n) is 19.5. The molecule has 1 unspecified atom stereocenters. The third kappa shape index (κ3) is 7.02. The Labute approximate surface area is 311 Å². The molecule has 5 amide bonds. The van der Waals surface area contributed by atoms with E-state index in [9.17, 15) is 28.8 Å². The minimum Gasteiger partial charge on any atom is -0.347 e. The number of hydrogen-bond acceptors (Lipinski definition) is 7. The summed E-state index contributed by atoms with van der Waals surface area (Å²) in [5, 5.41) is 11.7. The van der Waals surface area contributed by atoms with E-state index in [-0.39, 0.29) is 46.2 Å². The Morgan fingerprint density at radius 3 is 1.83 bits per heavy atom. The van der Waals surface area contributed by atoms with Gasteiger partial charge in [0.05, 0.1) is 12.1 Å². The SMILES string of the molecule is CCC[C@H](NC(=O)[C@@H]1C[C@@]2(CN1C(=O)[C@@H](NC(=O)C(NC(=O)[C@@H]1CCN1C(C)C)C(C)(C)C)C(C)(C)C)C(C)(C)C21CCC1)C(=O)C(=O)NC1CC1. The molecule has 0 bridgehead atoms. The maximum Gasteiger partial charge on any atom is 0.289 e. The van der Waals surface area contributed by atoms with Crippen molar-refractivity contribution in [1.29, 1.82) is 0 Å². The first-order valence-electron chi connectivity index (χ1n) is 19.8. The van der Waals surface area contributed by atoms with Gasteiger partial charge in [-0.15, -0.1) is 0 Å². The van der Waals surface area contributed by atoms with Crippen LogP contribution in [-0.4, -0.2) is 101 Å². The van der Waals surface area contributed by atoms with E-state index >= 15 is 0 Å². The van der Waals surface area contributed by atoms with E-state index in [1.807, 2.05) is 62.3 Å². The van der Waals surface area contributed by atoms with Crippen molar-refractivity contribution in [3.8, 4) is 0 Å². The molecule has 2 spiro atoms. The van der Waals surface area contributed by atoms with Crippen LogP contribution < -0.4 is 21.3 Å². The van der Waals surface area contributed by atoms with Gasteiger partial charge in [-0.25, -0.2) is 0 Å². The van der Waals surface area contributed by atoms with E-state index in [2.05, 4.69) is 40.0 Å². The Kier molecular flexibility index (Phi) is 10.8. The third-order valence-corrected chi connectivity index (χ3v) is 13.6. The Morgan fingerprint density at radius 2 is 1.38 bits per heavy atom. The molecule has 0 radical (unpaired) electrons. The van der Waals surface area contributed by atoms with Gasteiger partial charge in [0, 0.05) is 30.6 Å². The van der Waals surface area contributed by atoms with Crippen LogP contribution in [0.15, 0.2) is 0 Å². The Bertz CT molecular complexity index is 1450. The zero-order valence-corrected chi connectivity index (χ0v) is 33.7. The normalized spacial score (nSPS) is 28.0. The number of ketones is 1. The van der Waals surface area contributed by atoms with E-state index in [1.165, 1.54) is 0 Å². The molecule has 3 aliphatic carbocycles. The van der Waals surface area contributed by atoms with Gasteiger partial charge >= 0.3 is 0 Å². The fraction of sp³-hybridized carbons (Fsp3) is 0.850. The van der Waals surface area contributed by atoms with E-state index in [0.29, 0.717) is 25.8 Å². The van der Waals surface area contributed by atoms with Gasteiger partial charge in [0.15, 0.2) is 0 Å². The number of fused-ring (bicyclic) bond motifs is 1. The number of nitrogens with zero attached hydrogens (tertiary/aromatic N) is 2. The highest BCUT2D eigenvalue weighted by Gasteiger charge is 2.85. The van der Waals surface area contributed by atoms with Gasteiger partial charge in [-0.1, -0.05) is 75.2 Å². The number of rotatable bonds is 13. The summed E-state index contributed by atoms with van der Waals surface area (Å²) in [4.78, 5) is 86.8. The van der Waals surface area contributed by atoms with Gasteiger partial charge in [0.1, 0.15) is 18.1 Å². The lowest BCUT2D eigenvalue weighted by atomic mass is 9.73. The first kappa shape index (κ1) is 40.2. The summed E-state index contributed by atoms with van der Waals surface area (Å²) in [7, 11) is 0. The molecular weight excluding hydrogens is 660 g/mol. The molecule has 0 aromatic carbocycles. The predicted molar refractivity (Wildman–Crippen MR) is 199 cm³/mol. The summed E-state index contributed by atoms with van der Waals surface area (Å²) in [5.41, 5.74) is -1.74. The number of likely N-dealkylation sites (tertiary alicyclic amines) is 2. The molecule has 2 heterocycles. The number of carbonyl (C=O) groups excluding carboxylic acids is 6. The summed E-state index contributed by atoms with van der Waals surface area (Å²) in [5.74, 6) is -2.79. The maximum absolute atomic E-state index is 15.0. The number of nitrogens with one attached hydrogen (secondary N) is 4. The van der Waals surface area contributed by atoms with Crippen LogP contribution in [0, 0.1) is 27.1 Å². The first-order valence-corrected chi connectivity index (χ1v) is 19.8. The van der Waals surface area contributed by atoms with Crippen LogP contribution in [0.5, 0.6) is 0 Å². The van der Waals surface area contributed by atoms with Crippen molar-refractivity contribution in [1.82, 2.24) is 31.1 Å². The molecule has 292 valence electrons. The van der Waals surface area contributed by atoms with Crippen LogP contribution in [0.2, 0.25) is 0 Å². The molecule has 6 atom stereocenters. The zero-order valence-electron chi connectivity index (χ0n) is 33.7. The summed E-state index contributed by atoms with van der Waals surface area (Å²) in [6, 6.07) is -3.86. The molecule has 0 aromatic heterocycles. The molecule has 2 aliphatic heterocycles. The van der Waals surface area contributed by atoms with Gasteiger partial charge < -0.3 is 26.2 Å². The van der Waals surface area contributed by atoms with Crippen molar-refractivity contribution in [3.63, 3.8) is 0 Å². The fourth-order valence-electron chi connectivity index (χ4n) is 9.79. The summed E-state index contributed by atoms with van der Waals surface area (Å²) in [6.07, 6.45) is 6.93. The largest absolute Gasteiger partial charge is 0.347 e. The lowest BCUT2D eigenvalue weighted by Crippen LogP contribution is -2.65. The third-order valence-electron chi connectivity index (χ3n) is 13.6. The summed E-state index contributed by atoms with van der Waals surface area (Å²) in [6.45, 7) is 23.0. The average molecular weight is 727 g/mol. The van der Waals surface area contributed by atoms with Crippen molar-refractivity contribution in [2.75, 3.05) is 13.1 Å². The van der Waals surface area contributed by atoms with Crippen LogP contribution in [0.25, 0.3) is 0 Å². The molecule has 4 N–H and O–H groups in total. The van der Waals surface area contributed by atoms with E-state index in [0.717, 1.165) is 45.1 Å². The van der Waals surface area contributed by atoms with Crippen molar-refractivity contribution >= 4 is 35.3 Å². The smallest absolute Gasteiger partial charge is 0.289 e. The summed E-state index contributed by atoms with van der Waals surface area (Å²) < 4.78 is 0. The number of Topliss-reactive ketones (excluding diaryl/α,β-unsaturated/α-hetero) is 1. The molecule has 5 aliphatic rings. The monoisotopic (exact) mass is 727 g/mol. The van der Waals surface area contributed by atoms with Gasteiger partial charge in [-0.3, -0.25) is 33.7 Å². The minimum atomic E-state index is -1.00. The Balaban J connectivity index is 1.40. The zero-order chi connectivity index (χ0) is 38.8. The van der Waals surface area contributed by atoms with Crippen molar-refractivity contribution in [2.45, 2.75) is 176 Å². The van der Waals surface area contributed by atoms with Crippen molar-refractivity contribution in [2.24, 2.45) is 27.1 Å². The molecular formula is C40H66N6O6. The molecule has 52 heavy (non-hydrogen) atoms. The number of hydrogen-bond donors (Lipinski definition) is 4. The highest BCUT2D eigenvalue weighted by molar-refractivity contribution is 6.38. The Morgan fingerprint density at radius 1 is 0.788 bits per heavy atom. The van der Waals surface area contributed by atoms with Crippen molar-refractivity contribution in [3.05, 3.63) is 0 Å². The average Bonchev–Trinajstić information content (AvgIpc) is 3.80.